The molecule has 278 valence electrons. The molecule has 10 heteroatoms. The molecule has 0 spiro atoms. The van der Waals surface area contributed by atoms with Crippen LogP contribution in [-0.4, -0.2) is 38.1 Å². The summed E-state index contributed by atoms with van der Waals surface area (Å²) in [6, 6.07) is 64.2. The predicted molar refractivity (Wildman–Crippen MR) is 234 cm³/mol. The van der Waals surface area contributed by atoms with E-state index in [1.165, 1.54) is 0 Å². The van der Waals surface area contributed by atoms with Crippen molar-refractivity contribution < 1.29 is 16.8 Å². The molecule has 0 atom stereocenters. The summed E-state index contributed by atoms with van der Waals surface area (Å²) in [4.78, 5) is 0.346. The standard InChI is InChI=1S/C46H38N2O4P2S2/c49-55(50,45-33-17-21-37-19-13-15-31-43(37)45)47(53(39-23-5-1-6-24-39)40-25-7-2-8-26-40)35-36-48(54(41-27-9-3-10-28-41)42-29-11-4-12-30-42)56(51,52)46-34-18-22-38-20-14-16-32-44(38)46/h1-34H,35-36H2. The topological polar surface area (TPSA) is 74.8 Å². The molecular formula is C46H38N2O4P2S2. The Bertz CT molecular complexity index is 2530. The van der Waals surface area contributed by atoms with Crippen LogP contribution in [0.15, 0.2) is 216 Å². The maximum absolute atomic E-state index is 15.5. The Hall–Kier alpha value is -5.04. The highest BCUT2D eigenvalue weighted by atomic mass is 32.2. The summed E-state index contributed by atoms with van der Waals surface area (Å²) < 4.78 is 65.2. The summed E-state index contributed by atoms with van der Waals surface area (Å²) in [5.74, 6) is 0. The van der Waals surface area contributed by atoms with E-state index in [0.717, 1.165) is 32.0 Å². The second-order valence-corrected chi connectivity index (χ2v) is 21.5. The summed E-state index contributed by atoms with van der Waals surface area (Å²) in [6.45, 7) is -0.243. The zero-order chi connectivity index (χ0) is 38.5. The fourth-order valence-corrected chi connectivity index (χ4v) is 16.9. The van der Waals surface area contributed by atoms with Gasteiger partial charge in [0.25, 0.3) is 0 Å². The quantitative estimate of drug-likeness (QED) is 0.109. The SMILES string of the molecule is O=S(=O)(c1cccc2ccccc12)N(CCN(P(c1ccccc1)c1ccccc1)S(=O)(=O)c1cccc2ccccc12)P(c1ccccc1)c1ccccc1. The number of rotatable bonds is 13. The second-order valence-electron chi connectivity index (χ2n) is 13.0. The van der Waals surface area contributed by atoms with Crippen molar-refractivity contribution in [3.8, 4) is 0 Å². The van der Waals surface area contributed by atoms with E-state index in [1.54, 1.807) is 32.4 Å². The maximum atomic E-state index is 15.5. The molecule has 6 nitrogen and oxygen atoms in total. The Morgan fingerprint density at radius 1 is 0.321 bits per heavy atom. The van der Waals surface area contributed by atoms with Crippen molar-refractivity contribution in [3.63, 3.8) is 0 Å². The molecule has 0 amide bonds. The maximum Gasteiger partial charge on any atom is 0.247 e. The molecule has 0 saturated carbocycles. The van der Waals surface area contributed by atoms with Crippen molar-refractivity contribution in [2.75, 3.05) is 13.1 Å². The van der Waals surface area contributed by atoms with E-state index < -0.39 is 36.2 Å². The van der Waals surface area contributed by atoms with E-state index in [2.05, 4.69) is 0 Å². The molecular weight excluding hydrogens is 771 g/mol. The first-order valence-electron chi connectivity index (χ1n) is 18.2. The largest absolute Gasteiger partial charge is 0.247 e. The van der Waals surface area contributed by atoms with Gasteiger partial charge in [0.05, 0.1) is 9.79 Å². The van der Waals surface area contributed by atoms with Gasteiger partial charge in [0, 0.05) is 40.0 Å². The van der Waals surface area contributed by atoms with Gasteiger partial charge in [-0.15, -0.1) is 0 Å². The molecule has 0 fully saturated rings. The number of benzene rings is 8. The van der Waals surface area contributed by atoms with E-state index >= 15 is 16.8 Å². The van der Waals surface area contributed by atoms with Gasteiger partial charge in [0.1, 0.15) is 0 Å². The first-order valence-corrected chi connectivity index (χ1v) is 23.6. The lowest BCUT2D eigenvalue weighted by atomic mass is 10.1. The van der Waals surface area contributed by atoms with E-state index in [1.807, 2.05) is 182 Å². The molecule has 0 radical (unpaired) electrons. The molecule has 56 heavy (non-hydrogen) atoms. The fraction of sp³-hybridized carbons (Fsp3) is 0.0435. The Labute approximate surface area is 331 Å². The van der Waals surface area contributed by atoms with Crippen molar-refractivity contribution in [1.29, 1.82) is 0 Å². The molecule has 0 N–H and O–H groups in total. The second kappa shape index (κ2) is 16.6. The van der Waals surface area contributed by atoms with Crippen LogP contribution in [0.5, 0.6) is 0 Å². The van der Waals surface area contributed by atoms with Gasteiger partial charge in [0.2, 0.25) is 20.0 Å². The smallest absolute Gasteiger partial charge is 0.207 e. The third-order valence-electron chi connectivity index (χ3n) is 9.54. The zero-order valence-electron chi connectivity index (χ0n) is 30.3. The van der Waals surface area contributed by atoms with Gasteiger partial charge in [-0.3, -0.25) is 0 Å². The molecule has 0 bridgehead atoms. The van der Waals surface area contributed by atoms with E-state index in [4.69, 9.17) is 0 Å². The van der Waals surface area contributed by atoms with Crippen LogP contribution in [0.1, 0.15) is 0 Å². The number of sulfonamides is 2. The summed E-state index contributed by atoms with van der Waals surface area (Å²) in [7, 11) is -12.0. The molecule has 8 rings (SSSR count). The lowest BCUT2D eigenvalue weighted by Gasteiger charge is -2.36. The number of nitrogens with zero attached hydrogens (tertiary/aromatic N) is 2. The van der Waals surface area contributed by atoms with Crippen molar-refractivity contribution in [2.24, 2.45) is 0 Å². The van der Waals surface area contributed by atoms with E-state index in [0.29, 0.717) is 10.8 Å². The average Bonchev–Trinajstić information content (AvgIpc) is 3.25. The molecule has 0 aliphatic rings. The lowest BCUT2D eigenvalue weighted by Crippen LogP contribution is -2.42. The highest BCUT2D eigenvalue weighted by Crippen LogP contribution is 2.47. The molecule has 0 aliphatic carbocycles. The van der Waals surface area contributed by atoms with Crippen molar-refractivity contribution >= 4 is 79.0 Å². The first kappa shape index (κ1) is 37.9. The zero-order valence-corrected chi connectivity index (χ0v) is 33.7. The molecule has 0 saturated heterocycles. The van der Waals surface area contributed by atoms with Gasteiger partial charge < -0.3 is 0 Å². The van der Waals surface area contributed by atoms with Gasteiger partial charge in [-0.1, -0.05) is 194 Å². The van der Waals surface area contributed by atoms with Gasteiger partial charge >= 0.3 is 0 Å². The summed E-state index contributed by atoms with van der Waals surface area (Å²) in [5.41, 5.74) is 0. The Balaban J connectivity index is 1.35. The van der Waals surface area contributed by atoms with Crippen LogP contribution in [0.25, 0.3) is 21.5 Å². The van der Waals surface area contributed by atoms with Gasteiger partial charge in [-0.25, -0.2) is 16.8 Å². The highest BCUT2D eigenvalue weighted by Gasteiger charge is 2.39. The summed E-state index contributed by atoms with van der Waals surface area (Å²) >= 11 is 0. The molecule has 0 aromatic heterocycles. The van der Waals surface area contributed by atoms with Crippen molar-refractivity contribution in [3.05, 3.63) is 206 Å². The molecule has 8 aromatic carbocycles. The molecule has 0 unspecified atom stereocenters. The average molecular weight is 809 g/mol. The minimum Gasteiger partial charge on any atom is -0.207 e. The third-order valence-corrected chi connectivity index (χ3v) is 19.6. The van der Waals surface area contributed by atoms with Crippen LogP contribution < -0.4 is 21.2 Å². The number of hydrogen-bond donors (Lipinski definition) is 0. The first-order chi connectivity index (χ1) is 27.3. The monoisotopic (exact) mass is 808 g/mol. The third kappa shape index (κ3) is 7.57. The minimum atomic E-state index is -4.27. The van der Waals surface area contributed by atoms with Crippen LogP contribution in [0, 0.1) is 0 Å². The molecule has 0 heterocycles. The van der Waals surface area contributed by atoms with Gasteiger partial charge in [-0.05, 0) is 44.1 Å². The van der Waals surface area contributed by atoms with Crippen LogP contribution >= 0.6 is 16.1 Å². The Kier molecular flexibility index (Phi) is 11.2. The van der Waals surface area contributed by atoms with Crippen molar-refractivity contribution in [1.82, 2.24) is 8.15 Å². The van der Waals surface area contributed by atoms with Gasteiger partial charge in [0.15, 0.2) is 0 Å². The number of hydrogen-bond acceptors (Lipinski definition) is 4. The predicted octanol–water partition coefficient (Wildman–Crippen LogP) is 8.77. The Morgan fingerprint density at radius 2 is 0.589 bits per heavy atom. The van der Waals surface area contributed by atoms with Crippen LogP contribution in [0.4, 0.5) is 0 Å². The molecule has 0 aliphatic heterocycles. The van der Waals surface area contributed by atoms with Gasteiger partial charge in [-0.2, -0.15) is 8.15 Å². The highest BCUT2D eigenvalue weighted by molar-refractivity contribution is 7.97. The number of fused-ring (bicyclic) bond motifs is 2. The Morgan fingerprint density at radius 3 is 0.911 bits per heavy atom. The van der Waals surface area contributed by atoms with E-state index in [-0.39, 0.29) is 22.9 Å². The van der Waals surface area contributed by atoms with Crippen molar-refractivity contribution in [2.45, 2.75) is 9.79 Å². The fourth-order valence-electron chi connectivity index (χ4n) is 6.98. The van der Waals surface area contributed by atoms with Crippen LogP contribution in [-0.2, 0) is 20.0 Å². The van der Waals surface area contributed by atoms with E-state index in [9.17, 15) is 0 Å². The summed E-state index contributed by atoms with van der Waals surface area (Å²) in [5, 5.41) is 6.12. The lowest BCUT2D eigenvalue weighted by molar-refractivity contribution is 0.499. The van der Waals surface area contributed by atoms with Crippen LogP contribution in [0.3, 0.4) is 0 Å². The molecule has 8 aromatic rings. The minimum absolute atomic E-state index is 0.121. The normalized spacial score (nSPS) is 12.3. The summed E-state index contributed by atoms with van der Waals surface area (Å²) in [6.07, 6.45) is 0. The van der Waals surface area contributed by atoms with Crippen LogP contribution in [0.2, 0.25) is 0 Å².